The van der Waals surface area contributed by atoms with Gasteiger partial charge < -0.3 is 19.7 Å². The number of thioether (sulfide) groups is 1. The number of likely N-dealkylation sites (tertiary alicyclic amines) is 1. The lowest BCUT2D eigenvalue weighted by molar-refractivity contribution is -0.129. The van der Waals surface area contributed by atoms with Gasteiger partial charge in [-0.15, -0.1) is 10.2 Å². The first-order valence-electron chi connectivity index (χ1n) is 10.6. The van der Waals surface area contributed by atoms with E-state index in [2.05, 4.69) is 34.6 Å². The van der Waals surface area contributed by atoms with Crippen LogP contribution in [-0.4, -0.2) is 46.5 Å². The summed E-state index contributed by atoms with van der Waals surface area (Å²) in [6.45, 7) is 3.96. The van der Waals surface area contributed by atoms with Crippen LogP contribution in [-0.2, 0) is 4.79 Å². The Hall–Kier alpha value is -2.78. The largest absolute Gasteiger partial charge is 0.486 e. The number of ether oxygens (including phenoxy) is 2. The molecule has 2 aliphatic heterocycles. The van der Waals surface area contributed by atoms with Crippen LogP contribution < -0.4 is 14.8 Å². The van der Waals surface area contributed by atoms with Crippen molar-refractivity contribution in [1.82, 2.24) is 15.1 Å². The minimum absolute atomic E-state index is 0.0758. The molecule has 1 saturated heterocycles. The van der Waals surface area contributed by atoms with Gasteiger partial charge in [-0.2, -0.15) is 0 Å². The van der Waals surface area contributed by atoms with Crippen molar-refractivity contribution in [2.24, 2.45) is 0 Å². The van der Waals surface area contributed by atoms with Crippen molar-refractivity contribution >= 4 is 39.8 Å². The van der Waals surface area contributed by atoms with Crippen LogP contribution in [0.1, 0.15) is 30.0 Å². The van der Waals surface area contributed by atoms with E-state index in [9.17, 15) is 4.79 Å². The molecule has 1 N–H and O–H groups in total. The number of hydrogen-bond acceptors (Lipinski definition) is 8. The number of nitrogens with zero attached hydrogens (tertiary/aromatic N) is 3. The highest BCUT2D eigenvalue weighted by atomic mass is 32.2. The van der Waals surface area contributed by atoms with Gasteiger partial charge in [0.15, 0.2) is 15.8 Å². The lowest BCUT2D eigenvalue weighted by Crippen LogP contribution is -2.32. The minimum atomic E-state index is 0.0758. The van der Waals surface area contributed by atoms with Gasteiger partial charge >= 0.3 is 0 Å². The average Bonchev–Trinajstić information content (AvgIpc) is 3.47. The first kappa shape index (κ1) is 21.1. The maximum atomic E-state index is 13.0. The molecular weight excluding hydrogens is 444 g/mol. The van der Waals surface area contributed by atoms with Crippen molar-refractivity contribution < 1.29 is 14.3 Å². The number of nitrogens with one attached hydrogen (secondary N) is 1. The Kier molecular flexibility index (Phi) is 6.18. The number of carbonyl (C=O) groups excluding carboxylic acids is 1. The van der Waals surface area contributed by atoms with Crippen molar-refractivity contribution in [2.45, 2.75) is 30.1 Å². The molecule has 1 fully saturated rings. The Morgan fingerprint density at radius 2 is 2.06 bits per heavy atom. The Morgan fingerprint density at radius 3 is 2.94 bits per heavy atom. The molecule has 0 bridgehead atoms. The summed E-state index contributed by atoms with van der Waals surface area (Å²) in [6.07, 6.45) is 1.96. The molecule has 5 rings (SSSR count). The standard InChI is InChI=1S/C23H24N4O3S2/c1-15-4-2-5-17(12-15)24-22-25-26-23(32-22)31-14-21(28)27-9-3-6-18(27)16-7-8-19-20(13-16)30-11-10-29-19/h2,4-5,7-8,12-13,18H,3,6,9-11,14H2,1H3,(H,24,25)/t18-/m1/s1. The zero-order valence-electron chi connectivity index (χ0n) is 17.7. The van der Waals surface area contributed by atoms with Gasteiger partial charge in [-0.05, 0) is 55.2 Å². The lowest BCUT2D eigenvalue weighted by atomic mass is 10.0. The number of aromatic nitrogens is 2. The predicted octanol–water partition coefficient (Wildman–Crippen LogP) is 4.82. The summed E-state index contributed by atoms with van der Waals surface area (Å²) in [5, 5.41) is 12.4. The van der Waals surface area contributed by atoms with Crippen LogP contribution in [0.5, 0.6) is 11.5 Å². The monoisotopic (exact) mass is 468 g/mol. The molecule has 3 heterocycles. The molecule has 9 heteroatoms. The van der Waals surface area contributed by atoms with Crippen LogP contribution in [0.4, 0.5) is 10.8 Å². The summed E-state index contributed by atoms with van der Waals surface area (Å²) in [6, 6.07) is 14.2. The van der Waals surface area contributed by atoms with E-state index in [1.807, 2.05) is 35.2 Å². The number of rotatable bonds is 6. The van der Waals surface area contributed by atoms with Gasteiger partial charge in [-0.1, -0.05) is 41.3 Å². The van der Waals surface area contributed by atoms with Gasteiger partial charge in [0.1, 0.15) is 13.2 Å². The van der Waals surface area contributed by atoms with Gasteiger partial charge in [0.2, 0.25) is 11.0 Å². The van der Waals surface area contributed by atoms with Gasteiger partial charge in [0.25, 0.3) is 0 Å². The summed E-state index contributed by atoms with van der Waals surface area (Å²) < 4.78 is 12.1. The molecule has 2 aliphatic rings. The van der Waals surface area contributed by atoms with Crippen LogP contribution in [0.3, 0.4) is 0 Å². The van der Waals surface area contributed by atoms with Gasteiger partial charge in [-0.25, -0.2) is 0 Å². The third-order valence-corrected chi connectivity index (χ3v) is 7.48. The molecule has 0 saturated carbocycles. The van der Waals surface area contributed by atoms with E-state index in [1.165, 1.54) is 28.7 Å². The molecule has 166 valence electrons. The molecule has 1 atom stereocenters. The summed E-state index contributed by atoms with van der Waals surface area (Å²) in [5.74, 6) is 2.01. The Balaban J connectivity index is 1.20. The Morgan fingerprint density at radius 1 is 1.19 bits per heavy atom. The molecule has 0 unspecified atom stereocenters. The fourth-order valence-corrected chi connectivity index (χ4v) is 5.71. The van der Waals surface area contributed by atoms with E-state index in [1.54, 1.807) is 0 Å². The van der Waals surface area contributed by atoms with E-state index in [-0.39, 0.29) is 11.9 Å². The number of fused-ring (bicyclic) bond motifs is 1. The third-order valence-electron chi connectivity index (χ3n) is 5.52. The molecule has 3 aromatic rings. The van der Waals surface area contributed by atoms with Crippen molar-refractivity contribution in [3.63, 3.8) is 0 Å². The molecule has 2 aromatic carbocycles. The van der Waals surface area contributed by atoms with Crippen LogP contribution >= 0.6 is 23.1 Å². The Labute approximate surface area is 195 Å². The maximum Gasteiger partial charge on any atom is 0.233 e. The lowest BCUT2D eigenvalue weighted by Gasteiger charge is -2.26. The second-order valence-electron chi connectivity index (χ2n) is 7.80. The molecular formula is C23H24N4O3S2. The van der Waals surface area contributed by atoms with E-state index in [0.717, 1.165) is 51.6 Å². The molecule has 0 radical (unpaired) electrons. The third kappa shape index (κ3) is 4.68. The van der Waals surface area contributed by atoms with Gasteiger partial charge in [0.05, 0.1) is 11.8 Å². The number of carbonyl (C=O) groups is 1. The van der Waals surface area contributed by atoms with E-state index < -0.39 is 0 Å². The molecule has 1 aromatic heterocycles. The quantitative estimate of drug-likeness (QED) is 0.520. The van der Waals surface area contributed by atoms with Crippen molar-refractivity contribution in [3.8, 4) is 11.5 Å². The Bertz CT molecular complexity index is 1120. The average molecular weight is 469 g/mol. The highest BCUT2D eigenvalue weighted by Crippen LogP contribution is 2.38. The fraction of sp³-hybridized carbons (Fsp3) is 0.348. The van der Waals surface area contributed by atoms with Crippen LogP contribution in [0, 0.1) is 6.92 Å². The topological polar surface area (TPSA) is 76.6 Å². The summed E-state index contributed by atoms with van der Waals surface area (Å²) in [4.78, 5) is 15.0. The molecule has 7 nitrogen and oxygen atoms in total. The smallest absolute Gasteiger partial charge is 0.233 e. The highest BCUT2D eigenvalue weighted by Gasteiger charge is 2.31. The van der Waals surface area contributed by atoms with E-state index in [0.29, 0.717) is 19.0 Å². The van der Waals surface area contributed by atoms with E-state index in [4.69, 9.17) is 9.47 Å². The normalized spacial score (nSPS) is 17.4. The number of anilines is 2. The van der Waals surface area contributed by atoms with Crippen molar-refractivity contribution in [2.75, 3.05) is 30.8 Å². The number of benzene rings is 2. The zero-order valence-corrected chi connectivity index (χ0v) is 19.4. The van der Waals surface area contributed by atoms with E-state index >= 15 is 0 Å². The van der Waals surface area contributed by atoms with Crippen LogP contribution in [0.2, 0.25) is 0 Å². The van der Waals surface area contributed by atoms with Crippen molar-refractivity contribution in [1.29, 1.82) is 0 Å². The maximum absolute atomic E-state index is 13.0. The number of aryl methyl sites for hydroxylation is 1. The van der Waals surface area contributed by atoms with Crippen molar-refractivity contribution in [3.05, 3.63) is 53.6 Å². The second-order valence-corrected chi connectivity index (χ2v) is 10.0. The SMILES string of the molecule is Cc1cccc(Nc2nnc(SCC(=O)N3CCC[C@@H]3c3ccc4c(c3)OCCO4)s2)c1. The second kappa shape index (κ2) is 9.38. The summed E-state index contributed by atoms with van der Waals surface area (Å²) >= 11 is 2.90. The molecule has 0 aliphatic carbocycles. The molecule has 32 heavy (non-hydrogen) atoms. The van der Waals surface area contributed by atoms with Crippen LogP contribution in [0.15, 0.2) is 46.8 Å². The summed E-state index contributed by atoms with van der Waals surface area (Å²) in [7, 11) is 0. The zero-order chi connectivity index (χ0) is 21.9. The van der Waals surface area contributed by atoms with Gasteiger partial charge in [-0.3, -0.25) is 4.79 Å². The number of amides is 1. The predicted molar refractivity (Wildman–Crippen MR) is 126 cm³/mol. The van der Waals surface area contributed by atoms with Crippen LogP contribution in [0.25, 0.3) is 0 Å². The first-order valence-corrected chi connectivity index (χ1v) is 12.4. The molecule has 0 spiro atoms. The first-order chi connectivity index (χ1) is 15.7. The van der Waals surface area contributed by atoms with Gasteiger partial charge in [0, 0.05) is 12.2 Å². The molecule has 1 amide bonds. The fourth-order valence-electron chi connectivity index (χ4n) is 4.05. The summed E-state index contributed by atoms with van der Waals surface area (Å²) in [5.41, 5.74) is 3.26. The minimum Gasteiger partial charge on any atom is -0.486 e. The number of hydrogen-bond donors (Lipinski definition) is 1. The highest BCUT2D eigenvalue weighted by molar-refractivity contribution is 8.01.